The summed E-state index contributed by atoms with van der Waals surface area (Å²) < 4.78 is 35.4. The van der Waals surface area contributed by atoms with Gasteiger partial charge in [0.2, 0.25) is 10.0 Å². The molecule has 0 aromatic heterocycles. The van der Waals surface area contributed by atoms with Crippen molar-refractivity contribution in [1.29, 1.82) is 0 Å². The highest BCUT2D eigenvalue weighted by molar-refractivity contribution is 7.89. The second-order valence-electron chi connectivity index (χ2n) is 6.56. The Bertz CT molecular complexity index is 985. The quantitative estimate of drug-likeness (QED) is 0.657. The van der Waals surface area contributed by atoms with Crippen LogP contribution in [0.4, 0.5) is 5.69 Å². The molecule has 9 heteroatoms. The lowest BCUT2D eigenvalue weighted by Gasteiger charge is -2.12. The van der Waals surface area contributed by atoms with Gasteiger partial charge in [0, 0.05) is 19.8 Å². The van der Waals surface area contributed by atoms with Gasteiger partial charge < -0.3 is 14.8 Å². The standard InChI is InChI=1S/C20H24N2O6S/c1-14-5-8-17(11-15(14)2)27-13-20(24)28-12-19(23)21-16-6-9-18(10-7-16)29(25,26)22(3)4/h5-11H,12-13H2,1-4H3,(H,21,23). The van der Waals surface area contributed by atoms with Crippen LogP contribution in [0.5, 0.6) is 5.75 Å². The zero-order chi connectivity index (χ0) is 21.6. The molecule has 1 amide bonds. The Labute approximate surface area is 170 Å². The molecule has 0 saturated heterocycles. The topological polar surface area (TPSA) is 102 Å². The molecule has 156 valence electrons. The summed E-state index contributed by atoms with van der Waals surface area (Å²) in [6.07, 6.45) is 0. The van der Waals surface area contributed by atoms with Gasteiger partial charge in [-0.2, -0.15) is 0 Å². The minimum absolute atomic E-state index is 0.107. The largest absolute Gasteiger partial charge is 0.482 e. The van der Waals surface area contributed by atoms with Crippen LogP contribution in [0, 0.1) is 13.8 Å². The molecular weight excluding hydrogens is 396 g/mol. The highest BCUT2D eigenvalue weighted by Gasteiger charge is 2.17. The third kappa shape index (κ3) is 6.30. The van der Waals surface area contributed by atoms with E-state index in [1.807, 2.05) is 26.0 Å². The van der Waals surface area contributed by atoms with E-state index >= 15 is 0 Å². The molecule has 2 aromatic carbocycles. The van der Waals surface area contributed by atoms with Crippen molar-refractivity contribution in [2.24, 2.45) is 0 Å². The summed E-state index contributed by atoms with van der Waals surface area (Å²) >= 11 is 0. The molecular formula is C20H24N2O6S. The van der Waals surface area contributed by atoms with Crippen LogP contribution in [-0.2, 0) is 24.3 Å². The zero-order valence-corrected chi connectivity index (χ0v) is 17.6. The maximum atomic E-state index is 12.0. The van der Waals surface area contributed by atoms with E-state index in [-0.39, 0.29) is 11.5 Å². The number of rotatable bonds is 8. The third-order valence-corrected chi connectivity index (χ3v) is 5.95. The van der Waals surface area contributed by atoms with Gasteiger partial charge in [0.25, 0.3) is 5.91 Å². The van der Waals surface area contributed by atoms with Crippen molar-refractivity contribution >= 4 is 27.6 Å². The average Bonchev–Trinajstić information content (AvgIpc) is 2.67. The number of hydrogen-bond acceptors (Lipinski definition) is 6. The summed E-state index contributed by atoms with van der Waals surface area (Å²) in [7, 11) is -0.673. The van der Waals surface area contributed by atoms with Gasteiger partial charge in [0.15, 0.2) is 13.2 Å². The van der Waals surface area contributed by atoms with E-state index in [1.54, 1.807) is 6.07 Å². The highest BCUT2D eigenvalue weighted by Crippen LogP contribution is 2.17. The number of benzene rings is 2. The van der Waals surface area contributed by atoms with Gasteiger partial charge >= 0.3 is 5.97 Å². The van der Waals surface area contributed by atoms with Gasteiger partial charge in [-0.1, -0.05) is 6.07 Å². The molecule has 0 spiro atoms. The minimum Gasteiger partial charge on any atom is -0.482 e. The van der Waals surface area contributed by atoms with E-state index in [2.05, 4.69) is 5.32 Å². The maximum absolute atomic E-state index is 12.0. The normalized spacial score (nSPS) is 11.2. The maximum Gasteiger partial charge on any atom is 0.344 e. The van der Waals surface area contributed by atoms with Crippen molar-refractivity contribution in [3.8, 4) is 5.75 Å². The van der Waals surface area contributed by atoms with Crippen LogP contribution >= 0.6 is 0 Å². The van der Waals surface area contributed by atoms with Gasteiger partial charge in [0.1, 0.15) is 5.75 Å². The molecule has 0 aliphatic rings. The van der Waals surface area contributed by atoms with E-state index < -0.39 is 28.5 Å². The second-order valence-corrected chi connectivity index (χ2v) is 8.71. The summed E-state index contributed by atoms with van der Waals surface area (Å²) in [5.74, 6) is -0.680. The fourth-order valence-electron chi connectivity index (χ4n) is 2.25. The number of ether oxygens (including phenoxy) is 2. The van der Waals surface area contributed by atoms with E-state index in [0.29, 0.717) is 11.4 Å². The summed E-state index contributed by atoms with van der Waals surface area (Å²) in [6.45, 7) is 3.12. The first kappa shape index (κ1) is 22.4. The molecule has 0 fully saturated rings. The summed E-state index contributed by atoms with van der Waals surface area (Å²) in [4.78, 5) is 23.8. The van der Waals surface area contributed by atoms with Crippen LogP contribution in [0.1, 0.15) is 11.1 Å². The molecule has 0 bridgehead atoms. The molecule has 8 nitrogen and oxygen atoms in total. The van der Waals surface area contributed by atoms with E-state index in [1.165, 1.54) is 38.4 Å². The number of amides is 1. The Kier molecular flexibility index (Phi) is 7.35. The van der Waals surface area contributed by atoms with Gasteiger partial charge in [0.05, 0.1) is 4.90 Å². The number of aryl methyl sites for hydroxylation is 2. The number of anilines is 1. The molecule has 0 aliphatic heterocycles. The average molecular weight is 420 g/mol. The summed E-state index contributed by atoms with van der Waals surface area (Å²) in [5, 5.41) is 2.53. The van der Waals surface area contributed by atoms with Crippen LogP contribution in [0.3, 0.4) is 0 Å². The van der Waals surface area contributed by atoms with Gasteiger partial charge in [-0.15, -0.1) is 0 Å². The monoisotopic (exact) mass is 420 g/mol. The summed E-state index contributed by atoms with van der Waals surface area (Å²) in [5.41, 5.74) is 2.54. The van der Waals surface area contributed by atoms with Crippen LogP contribution in [-0.4, -0.2) is 51.9 Å². The molecule has 1 N–H and O–H groups in total. The van der Waals surface area contributed by atoms with E-state index in [0.717, 1.165) is 15.4 Å². The highest BCUT2D eigenvalue weighted by atomic mass is 32.2. The number of carbonyl (C=O) groups is 2. The van der Waals surface area contributed by atoms with Gasteiger partial charge in [-0.25, -0.2) is 17.5 Å². The number of carbonyl (C=O) groups excluding carboxylic acids is 2. The van der Waals surface area contributed by atoms with Crippen molar-refractivity contribution in [2.45, 2.75) is 18.7 Å². The van der Waals surface area contributed by atoms with Crippen molar-refractivity contribution in [3.05, 3.63) is 53.6 Å². The van der Waals surface area contributed by atoms with Crippen molar-refractivity contribution in [3.63, 3.8) is 0 Å². The second kappa shape index (κ2) is 9.53. The number of esters is 1. The van der Waals surface area contributed by atoms with Crippen LogP contribution in [0.2, 0.25) is 0 Å². The Morgan fingerprint density at radius 2 is 1.62 bits per heavy atom. The molecule has 29 heavy (non-hydrogen) atoms. The predicted octanol–water partition coefficient (Wildman–Crippen LogP) is 2.11. The lowest BCUT2D eigenvalue weighted by atomic mass is 10.1. The van der Waals surface area contributed by atoms with E-state index in [4.69, 9.17) is 9.47 Å². The van der Waals surface area contributed by atoms with Crippen molar-refractivity contribution in [1.82, 2.24) is 4.31 Å². The molecule has 0 radical (unpaired) electrons. The van der Waals surface area contributed by atoms with Crippen molar-refractivity contribution in [2.75, 3.05) is 32.6 Å². The number of hydrogen-bond donors (Lipinski definition) is 1. The van der Waals surface area contributed by atoms with Crippen LogP contribution in [0.25, 0.3) is 0 Å². The minimum atomic E-state index is -3.54. The molecule has 2 aromatic rings. The summed E-state index contributed by atoms with van der Waals surface area (Å²) in [6, 6.07) is 11.1. The Morgan fingerprint density at radius 1 is 0.966 bits per heavy atom. The Hall–Kier alpha value is -2.91. The molecule has 0 heterocycles. The first-order valence-electron chi connectivity index (χ1n) is 8.77. The van der Waals surface area contributed by atoms with E-state index in [9.17, 15) is 18.0 Å². The van der Waals surface area contributed by atoms with Crippen LogP contribution < -0.4 is 10.1 Å². The Morgan fingerprint density at radius 3 is 2.21 bits per heavy atom. The molecule has 0 unspecified atom stereocenters. The van der Waals surface area contributed by atoms with Gasteiger partial charge in [-0.05, 0) is 61.4 Å². The SMILES string of the molecule is Cc1ccc(OCC(=O)OCC(=O)Nc2ccc(S(=O)(=O)N(C)C)cc2)cc1C. The lowest BCUT2D eigenvalue weighted by Crippen LogP contribution is -2.24. The first-order chi connectivity index (χ1) is 13.6. The lowest BCUT2D eigenvalue weighted by molar-refractivity contribution is -0.149. The van der Waals surface area contributed by atoms with Crippen molar-refractivity contribution < 1.29 is 27.5 Å². The smallest absolute Gasteiger partial charge is 0.344 e. The zero-order valence-electron chi connectivity index (χ0n) is 16.8. The predicted molar refractivity (Wildman–Crippen MR) is 108 cm³/mol. The number of nitrogens with one attached hydrogen (secondary N) is 1. The molecule has 2 rings (SSSR count). The van der Waals surface area contributed by atoms with Gasteiger partial charge in [-0.3, -0.25) is 4.79 Å². The molecule has 0 aliphatic carbocycles. The van der Waals surface area contributed by atoms with Crippen LogP contribution in [0.15, 0.2) is 47.4 Å². The fraction of sp³-hybridized carbons (Fsp3) is 0.300. The Balaban J connectivity index is 1.80. The molecule has 0 atom stereocenters. The first-order valence-corrected chi connectivity index (χ1v) is 10.2. The third-order valence-electron chi connectivity index (χ3n) is 4.12. The number of sulfonamides is 1. The molecule has 0 saturated carbocycles. The number of nitrogens with zero attached hydrogens (tertiary/aromatic N) is 1. The fourth-order valence-corrected chi connectivity index (χ4v) is 3.15.